The lowest BCUT2D eigenvalue weighted by atomic mass is 10.0. The summed E-state index contributed by atoms with van der Waals surface area (Å²) in [6.45, 7) is 3.81. The normalized spacial score (nSPS) is 14.2. The first kappa shape index (κ1) is 25.6. The van der Waals surface area contributed by atoms with E-state index in [1.807, 2.05) is 31.2 Å². The fraction of sp³-hybridized carbons (Fsp3) is 0.312. The molecule has 6 nitrogen and oxygen atoms in total. The van der Waals surface area contributed by atoms with E-state index in [-0.39, 0.29) is 18.6 Å². The molecular weight excluding hydrogens is 474 g/mol. The number of carbonyl (C=O) groups excluding carboxylic acids is 2. The molecule has 1 amide bonds. The second kappa shape index (κ2) is 11.5. The van der Waals surface area contributed by atoms with Gasteiger partial charge >= 0.3 is 5.97 Å². The quantitative estimate of drug-likeness (QED) is 0.236. The Hall–Kier alpha value is -4.06. The molecule has 5 rings (SSSR count). The van der Waals surface area contributed by atoms with Crippen molar-refractivity contribution in [2.24, 2.45) is 0 Å². The van der Waals surface area contributed by atoms with Crippen LogP contribution in [0.3, 0.4) is 0 Å². The van der Waals surface area contributed by atoms with Crippen molar-refractivity contribution in [3.05, 3.63) is 83.4 Å². The molecule has 194 valence electrons. The maximum absolute atomic E-state index is 12.8. The molecule has 1 aliphatic rings. The van der Waals surface area contributed by atoms with Gasteiger partial charge in [0.05, 0.1) is 28.0 Å². The van der Waals surface area contributed by atoms with Crippen molar-refractivity contribution >= 4 is 22.9 Å². The largest absolute Gasteiger partial charge is 0.452 e. The molecule has 1 aromatic heterocycles. The maximum Gasteiger partial charge on any atom is 0.338 e. The Labute approximate surface area is 223 Å². The molecule has 4 aromatic rings. The van der Waals surface area contributed by atoms with E-state index in [1.165, 1.54) is 18.4 Å². The van der Waals surface area contributed by atoms with Gasteiger partial charge in [-0.15, -0.1) is 0 Å². The topological polar surface area (TPSA) is 81.2 Å². The summed E-state index contributed by atoms with van der Waals surface area (Å²) in [5.41, 5.74) is 7.40. The van der Waals surface area contributed by atoms with Gasteiger partial charge in [0.2, 0.25) is 0 Å². The highest BCUT2D eigenvalue weighted by atomic mass is 16.5. The SMILES string of the molecule is Cc1ccc(-c2nc3ccc(C(=O)OCC(=O)NC4CCCCCC4)cc3nc2-c2ccc(C)cc2)cc1. The first-order chi connectivity index (χ1) is 18.5. The van der Waals surface area contributed by atoms with Gasteiger partial charge in [-0.05, 0) is 44.9 Å². The van der Waals surface area contributed by atoms with Crippen LogP contribution < -0.4 is 5.32 Å². The Morgan fingerprint density at radius 3 is 1.89 bits per heavy atom. The van der Waals surface area contributed by atoms with E-state index >= 15 is 0 Å². The molecule has 0 aliphatic heterocycles. The van der Waals surface area contributed by atoms with Crippen LogP contribution in [0.4, 0.5) is 0 Å². The van der Waals surface area contributed by atoms with Crippen molar-refractivity contribution in [1.82, 2.24) is 15.3 Å². The Bertz CT molecular complexity index is 1440. The minimum Gasteiger partial charge on any atom is -0.452 e. The lowest BCUT2D eigenvalue weighted by molar-refractivity contribution is -0.125. The number of amides is 1. The molecule has 0 unspecified atom stereocenters. The van der Waals surface area contributed by atoms with Crippen LogP contribution in [-0.4, -0.2) is 34.5 Å². The smallest absolute Gasteiger partial charge is 0.338 e. The van der Waals surface area contributed by atoms with Gasteiger partial charge in [-0.1, -0.05) is 85.3 Å². The zero-order valence-corrected chi connectivity index (χ0v) is 22.0. The van der Waals surface area contributed by atoms with Crippen LogP contribution in [0.5, 0.6) is 0 Å². The number of ether oxygens (including phenoxy) is 1. The number of carbonyl (C=O) groups is 2. The van der Waals surface area contributed by atoms with Crippen LogP contribution in [-0.2, 0) is 9.53 Å². The Morgan fingerprint density at radius 1 is 0.763 bits per heavy atom. The number of fused-ring (bicyclic) bond motifs is 1. The summed E-state index contributed by atoms with van der Waals surface area (Å²) in [5.74, 6) is -0.806. The van der Waals surface area contributed by atoms with E-state index in [1.54, 1.807) is 18.2 Å². The number of nitrogens with zero attached hydrogens (tertiary/aromatic N) is 2. The Morgan fingerprint density at radius 2 is 1.32 bits per heavy atom. The second-order valence-corrected chi connectivity index (χ2v) is 10.2. The zero-order valence-electron chi connectivity index (χ0n) is 22.0. The monoisotopic (exact) mass is 507 g/mol. The maximum atomic E-state index is 12.8. The predicted molar refractivity (Wildman–Crippen MR) is 150 cm³/mol. The van der Waals surface area contributed by atoms with Gasteiger partial charge in [-0.2, -0.15) is 0 Å². The number of aryl methyl sites for hydroxylation is 2. The summed E-state index contributed by atoms with van der Waals surface area (Å²) in [6.07, 6.45) is 6.64. The van der Waals surface area contributed by atoms with E-state index in [4.69, 9.17) is 14.7 Å². The van der Waals surface area contributed by atoms with Gasteiger partial charge in [0.1, 0.15) is 0 Å². The lowest BCUT2D eigenvalue weighted by Gasteiger charge is -2.16. The highest BCUT2D eigenvalue weighted by Crippen LogP contribution is 2.31. The number of rotatable bonds is 6. The van der Waals surface area contributed by atoms with Crippen molar-refractivity contribution in [1.29, 1.82) is 0 Å². The molecule has 1 fully saturated rings. The minimum absolute atomic E-state index is 0.169. The molecule has 1 N–H and O–H groups in total. The summed E-state index contributed by atoms with van der Waals surface area (Å²) in [7, 11) is 0. The minimum atomic E-state index is -0.552. The number of hydrogen-bond donors (Lipinski definition) is 1. The fourth-order valence-electron chi connectivity index (χ4n) is 4.91. The zero-order chi connectivity index (χ0) is 26.5. The first-order valence-corrected chi connectivity index (χ1v) is 13.4. The fourth-order valence-corrected chi connectivity index (χ4v) is 4.91. The van der Waals surface area contributed by atoms with Crippen molar-refractivity contribution in [3.8, 4) is 22.5 Å². The van der Waals surface area contributed by atoms with Gasteiger partial charge in [0.25, 0.3) is 5.91 Å². The summed E-state index contributed by atoms with van der Waals surface area (Å²) < 4.78 is 5.34. The highest BCUT2D eigenvalue weighted by molar-refractivity contribution is 5.96. The van der Waals surface area contributed by atoms with Crippen LogP contribution in [0.1, 0.15) is 60.0 Å². The van der Waals surface area contributed by atoms with Crippen LogP contribution in [0.25, 0.3) is 33.5 Å². The molecule has 38 heavy (non-hydrogen) atoms. The lowest BCUT2D eigenvalue weighted by Crippen LogP contribution is -2.37. The van der Waals surface area contributed by atoms with Gasteiger partial charge in [0.15, 0.2) is 6.61 Å². The average Bonchev–Trinajstić information content (AvgIpc) is 3.20. The summed E-state index contributed by atoms with van der Waals surface area (Å²) in [5, 5.41) is 3.01. The van der Waals surface area contributed by atoms with E-state index in [0.29, 0.717) is 16.6 Å². The molecule has 1 saturated carbocycles. The van der Waals surface area contributed by atoms with E-state index in [9.17, 15) is 9.59 Å². The van der Waals surface area contributed by atoms with E-state index in [2.05, 4.69) is 36.5 Å². The third kappa shape index (κ3) is 6.08. The van der Waals surface area contributed by atoms with Crippen molar-refractivity contribution in [2.45, 2.75) is 58.4 Å². The molecular formula is C32H33N3O3. The van der Waals surface area contributed by atoms with Crippen LogP contribution >= 0.6 is 0 Å². The molecule has 6 heteroatoms. The molecule has 1 heterocycles. The van der Waals surface area contributed by atoms with Crippen molar-refractivity contribution < 1.29 is 14.3 Å². The van der Waals surface area contributed by atoms with E-state index in [0.717, 1.165) is 53.8 Å². The first-order valence-electron chi connectivity index (χ1n) is 13.4. The third-order valence-corrected chi connectivity index (χ3v) is 7.10. The molecule has 3 aromatic carbocycles. The number of hydrogen-bond acceptors (Lipinski definition) is 5. The van der Waals surface area contributed by atoms with Gasteiger partial charge in [-0.25, -0.2) is 14.8 Å². The number of benzene rings is 3. The molecule has 0 saturated heterocycles. The van der Waals surface area contributed by atoms with Gasteiger partial charge < -0.3 is 10.1 Å². The molecule has 0 atom stereocenters. The predicted octanol–water partition coefficient (Wildman–Crippen LogP) is 6.58. The van der Waals surface area contributed by atoms with Gasteiger partial charge in [-0.3, -0.25) is 4.79 Å². The highest BCUT2D eigenvalue weighted by Gasteiger charge is 2.18. The van der Waals surface area contributed by atoms with Crippen molar-refractivity contribution in [3.63, 3.8) is 0 Å². The molecule has 0 radical (unpaired) electrons. The molecule has 0 spiro atoms. The van der Waals surface area contributed by atoms with Crippen LogP contribution in [0.2, 0.25) is 0 Å². The number of esters is 1. The summed E-state index contributed by atoms with van der Waals surface area (Å²) in [4.78, 5) is 35.1. The Kier molecular flexibility index (Phi) is 7.78. The number of aromatic nitrogens is 2. The third-order valence-electron chi connectivity index (χ3n) is 7.10. The second-order valence-electron chi connectivity index (χ2n) is 10.2. The summed E-state index contributed by atoms with van der Waals surface area (Å²) >= 11 is 0. The Balaban J connectivity index is 1.39. The van der Waals surface area contributed by atoms with E-state index < -0.39 is 5.97 Å². The average molecular weight is 508 g/mol. The summed E-state index contributed by atoms with van der Waals surface area (Å²) in [6, 6.07) is 21.7. The standard InChI is InChI=1S/C32H33N3O3/c1-21-9-13-23(14-10-21)30-31(24-15-11-22(2)12-16-24)35-28-19-25(17-18-27(28)34-30)32(37)38-20-29(36)33-26-7-5-3-4-6-8-26/h9-19,26H,3-8,20H2,1-2H3,(H,33,36). The van der Waals surface area contributed by atoms with Crippen molar-refractivity contribution in [2.75, 3.05) is 6.61 Å². The molecule has 0 bridgehead atoms. The van der Waals surface area contributed by atoms with Crippen LogP contribution in [0, 0.1) is 13.8 Å². The molecule has 1 aliphatic carbocycles. The van der Waals surface area contributed by atoms with Crippen LogP contribution in [0.15, 0.2) is 66.7 Å². The number of nitrogens with one attached hydrogen (secondary N) is 1. The van der Waals surface area contributed by atoms with Gasteiger partial charge in [0, 0.05) is 17.2 Å².